The van der Waals surface area contributed by atoms with Gasteiger partial charge in [0, 0.05) is 6.54 Å². The molecule has 0 N–H and O–H groups in total. The van der Waals surface area contributed by atoms with Gasteiger partial charge in [-0.3, -0.25) is 4.90 Å². The first-order chi connectivity index (χ1) is 10.5. The fourth-order valence-corrected chi connectivity index (χ4v) is 2.73. The number of amides is 1. The maximum Gasteiger partial charge on any atom is 0.416 e. The summed E-state index contributed by atoms with van der Waals surface area (Å²) >= 11 is 0. The molecule has 0 atom stereocenters. The lowest BCUT2D eigenvalue weighted by Gasteiger charge is -2.28. The van der Waals surface area contributed by atoms with E-state index in [9.17, 15) is 18.0 Å². The standard InChI is InChI=1S/C17H22F3NO2/c1-11-9-12-7-5-6-8-21(15(22)23-16(2,3)4)14(12)10-13(11)17(18,19)20/h9-10H,5-8H2,1-4H3. The third-order valence-electron chi connectivity index (χ3n) is 3.71. The molecular formula is C17H22F3NO2. The molecule has 23 heavy (non-hydrogen) atoms. The summed E-state index contributed by atoms with van der Waals surface area (Å²) in [6.07, 6.45) is -2.82. The Morgan fingerprint density at radius 3 is 2.39 bits per heavy atom. The molecule has 1 amide bonds. The van der Waals surface area contributed by atoms with Crippen molar-refractivity contribution in [3.05, 3.63) is 28.8 Å². The first kappa shape index (κ1) is 17.6. The van der Waals surface area contributed by atoms with E-state index in [1.165, 1.54) is 11.8 Å². The van der Waals surface area contributed by atoms with Crippen LogP contribution in [-0.2, 0) is 17.3 Å². The van der Waals surface area contributed by atoms with Gasteiger partial charge in [0.2, 0.25) is 0 Å². The Morgan fingerprint density at radius 1 is 1.17 bits per heavy atom. The van der Waals surface area contributed by atoms with Gasteiger partial charge in [-0.05, 0) is 64.2 Å². The van der Waals surface area contributed by atoms with E-state index < -0.39 is 23.4 Å². The molecule has 0 unspecified atom stereocenters. The number of fused-ring (bicyclic) bond motifs is 1. The van der Waals surface area contributed by atoms with E-state index >= 15 is 0 Å². The van der Waals surface area contributed by atoms with Crippen LogP contribution in [0.2, 0.25) is 0 Å². The van der Waals surface area contributed by atoms with Gasteiger partial charge < -0.3 is 4.74 Å². The van der Waals surface area contributed by atoms with Gasteiger partial charge in [0.1, 0.15) is 5.60 Å². The molecule has 1 aromatic rings. The topological polar surface area (TPSA) is 29.5 Å². The van der Waals surface area contributed by atoms with Crippen molar-refractivity contribution < 1.29 is 22.7 Å². The summed E-state index contributed by atoms with van der Waals surface area (Å²) in [4.78, 5) is 13.7. The van der Waals surface area contributed by atoms with Gasteiger partial charge in [0.05, 0.1) is 11.3 Å². The predicted molar refractivity (Wildman–Crippen MR) is 82.7 cm³/mol. The van der Waals surface area contributed by atoms with E-state index in [0.29, 0.717) is 18.7 Å². The van der Waals surface area contributed by atoms with Crippen molar-refractivity contribution in [3.63, 3.8) is 0 Å². The number of ether oxygens (including phenoxy) is 1. The van der Waals surface area contributed by atoms with Gasteiger partial charge in [-0.25, -0.2) is 4.79 Å². The molecule has 2 rings (SSSR count). The molecule has 1 aromatic carbocycles. The van der Waals surface area contributed by atoms with E-state index in [2.05, 4.69) is 0 Å². The first-order valence-electron chi connectivity index (χ1n) is 7.70. The van der Waals surface area contributed by atoms with Gasteiger partial charge >= 0.3 is 12.3 Å². The van der Waals surface area contributed by atoms with Crippen molar-refractivity contribution in [1.82, 2.24) is 0 Å². The second-order valence-corrected chi connectivity index (χ2v) is 6.88. The number of hydrogen-bond acceptors (Lipinski definition) is 2. The van der Waals surface area contributed by atoms with Gasteiger partial charge in [0.15, 0.2) is 0 Å². The van der Waals surface area contributed by atoms with Crippen LogP contribution in [0.25, 0.3) is 0 Å². The van der Waals surface area contributed by atoms with Crippen LogP contribution in [0.1, 0.15) is 50.3 Å². The maximum atomic E-state index is 13.2. The van der Waals surface area contributed by atoms with Gasteiger partial charge in [-0.2, -0.15) is 13.2 Å². The highest BCUT2D eigenvalue weighted by atomic mass is 19.4. The highest BCUT2D eigenvalue weighted by Crippen LogP contribution is 2.38. The summed E-state index contributed by atoms with van der Waals surface area (Å²) < 4.78 is 44.9. The predicted octanol–water partition coefficient (Wildman–Crippen LogP) is 5.09. The number of carbonyl (C=O) groups is 1. The molecule has 0 bridgehead atoms. The van der Waals surface area contributed by atoms with Crippen LogP contribution in [0.4, 0.5) is 23.7 Å². The van der Waals surface area contributed by atoms with Crippen molar-refractivity contribution >= 4 is 11.8 Å². The van der Waals surface area contributed by atoms with E-state index in [1.54, 1.807) is 26.8 Å². The Morgan fingerprint density at radius 2 is 1.83 bits per heavy atom. The molecule has 0 saturated carbocycles. The molecule has 1 heterocycles. The minimum absolute atomic E-state index is 0.183. The zero-order valence-electron chi connectivity index (χ0n) is 13.9. The summed E-state index contributed by atoms with van der Waals surface area (Å²) in [7, 11) is 0. The zero-order chi connectivity index (χ0) is 17.4. The molecule has 0 spiro atoms. The average molecular weight is 329 g/mol. The Kier molecular flexibility index (Phi) is 4.64. The fraction of sp³-hybridized carbons (Fsp3) is 0.588. The number of benzene rings is 1. The Labute approximate surface area is 134 Å². The number of aryl methyl sites for hydroxylation is 2. The van der Waals surface area contributed by atoms with Crippen molar-refractivity contribution in [1.29, 1.82) is 0 Å². The van der Waals surface area contributed by atoms with Crippen LogP contribution in [0.3, 0.4) is 0 Å². The monoisotopic (exact) mass is 329 g/mol. The van der Waals surface area contributed by atoms with Crippen LogP contribution in [0, 0.1) is 6.92 Å². The number of alkyl halides is 3. The van der Waals surface area contributed by atoms with E-state index in [-0.39, 0.29) is 5.56 Å². The molecule has 0 aromatic heterocycles. The number of anilines is 1. The molecule has 0 fully saturated rings. The largest absolute Gasteiger partial charge is 0.443 e. The summed E-state index contributed by atoms with van der Waals surface area (Å²) in [5.74, 6) is 0. The van der Waals surface area contributed by atoms with Gasteiger partial charge in [-0.1, -0.05) is 6.07 Å². The quantitative estimate of drug-likeness (QED) is 0.663. The molecule has 0 radical (unpaired) electrons. The molecular weight excluding hydrogens is 307 g/mol. The van der Waals surface area contributed by atoms with Crippen LogP contribution in [0.5, 0.6) is 0 Å². The highest BCUT2D eigenvalue weighted by molar-refractivity contribution is 5.89. The minimum atomic E-state index is -4.44. The molecule has 1 aliphatic rings. The van der Waals surface area contributed by atoms with E-state index in [1.807, 2.05) is 0 Å². The number of nitrogens with zero attached hydrogens (tertiary/aromatic N) is 1. The van der Waals surface area contributed by atoms with Crippen LogP contribution in [0.15, 0.2) is 12.1 Å². The second kappa shape index (κ2) is 6.06. The summed E-state index contributed by atoms with van der Waals surface area (Å²) in [5.41, 5.74) is -0.135. The third-order valence-corrected chi connectivity index (χ3v) is 3.71. The highest BCUT2D eigenvalue weighted by Gasteiger charge is 2.35. The zero-order valence-corrected chi connectivity index (χ0v) is 13.9. The van der Waals surface area contributed by atoms with Gasteiger partial charge in [0.25, 0.3) is 0 Å². The molecule has 0 saturated heterocycles. The third kappa shape index (κ3) is 4.18. The lowest BCUT2D eigenvalue weighted by molar-refractivity contribution is -0.138. The van der Waals surface area contributed by atoms with Crippen molar-refractivity contribution in [2.75, 3.05) is 11.4 Å². The lowest BCUT2D eigenvalue weighted by Crippen LogP contribution is -2.37. The number of hydrogen-bond donors (Lipinski definition) is 0. The van der Waals surface area contributed by atoms with Gasteiger partial charge in [-0.15, -0.1) is 0 Å². The maximum absolute atomic E-state index is 13.2. The summed E-state index contributed by atoms with van der Waals surface area (Å²) in [6, 6.07) is 2.63. The van der Waals surface area contributed by atoms with Crippen molar-refractivity contribution in [2.45, 2.75) is 58.7 Å². The van der Waals surface area contributed by atoms with E-state index in [4.69, 9.17) is 4.74 Å². The van der Waals surface area contributed by atoms with Crippen molar-refractivity contribution in [3.8, 4) is 0 Å². The van der Waals surface area contributed by atoms with Crippen LogP contribution >= 0.6 is 0 Å². The first-order valence-corrected chi connectivity index (χ1v) is 7.70. The van der Waals surface area contributed by atoms with Crippen LogP contribution < -0.4 is 4.90 Å². The smallest absolute Gasteiger partial charge is 0.416 e. The van der Waals surface area contributed by atoms with Crippen molar-refractivity contribution in [2.24, 2.45) is 0 Å². The molecule has 3 nitrogen and oxygen atoms in total. The SMILES string of the molecule is Cc1cc2c(cc1C(F)(F)F)N(C(=O)OC(C)(C)C)CCCC2. The Bertz CT molecular complexity index is 603. The lowest BCUT2D eigenvalue weighted by atomic mass is 9.99. The second-order valence-electron chi connectivity index (χ2n) is 6.88. The average Bonchev–Trinajstić information content (AvgIpc) is 2.56. The molecule has 1 aliphatic heterocycles. The Hall–Kier alpha value is -1.72. The molecule has 128 valence electrons. The van der Waals surface area contributed by atoms with Crippen LogP contribution in [-0.4, -0.2) is 18.2 Å². The number of halogens is 3. The molecule has 6 heteroatoms. The number of rotatable bonds is 0. The fourth-order valence-electron chi connectivity index (χ4n) is 2.73. The summed E-state index contributed by atoms with van der Waals surface area (Å²) in [6.45, 7) is 7.02. The molecule has 0 aliphatic carbocycles. The summed E-state index contributed by atoms with van der Waals surface area (Å²) in [5, 5.41) is 0. The Balaban J connectivity index is 2.48. The number of carbonyl (C=O) groups excluding carboxylic acids is 1. The van der Waals surface area contributed by atoms with E-state index in [0.717, 1.165) is 24.5 Å². The normalized spacial score (nSPS) is 15.9. The minimum Gasteiger partial charge on any atom is -0.443 e.